The standard InChI is InChI=1S/C18H17Cl2NO2/c1-23-18(22)21-17-9-7-12(13-4-2-3-5-14(13)17)11-6-8-15(19)16(20)10-11/h2-6,8,10,12,17H,7,9H2,1H3,(H,21,22)/t12-,17+/m1/s1. The highest BCUT2D eigenvalue weighted by Gasteiger charge is 2.29. The number of halogens is 2. The smallest absolute Gasteiger partial charge is 0.407 e. The Bertz CT molecular complexity index is 733. The van der Waals surface area contributed by atoms with Gasteiger partial charge in [-0.25, -0.2) is 4.79 Å². The van der Waals surface area contributed by atoms with E-state index in [9.17, 15) is 4.79 Å². The normalized spacial score (nSPS) is 19.8. The Morgan fingerprint density at radius 1 is 1.09 bits per heavy atom. The average Bonchev–Trinajstić information content (AvgIpc) is 2.57. The lowest BCUT2D eigenvalue weighted by Crippen LogP contribution is -2.31. The molecule has 0 aromatic heterocycles. The number of alkyl carbamates (subject to hydrolysis) is 1. The molecule has 0 radical (unpaired) electrons. The lowest BCUT2D eigenvalue weighted by molar-refractivity contribution is 0.165. The van der Waals surface area contributed by atoms with Crippen molar-refractivity contribution in [1.29, 1.82) is 0 Å². The second kappa shape index (κ2) is 6.81. The molecule has 1 aliphatic carbocycles. The summed E-state index contributed by atoms with van der Waals surface area (Å²) >= 11 is 12.2. The number of hydrogen-bond donors (Lipinski definition) is 1. The zero-order valence-electron chi connectivity index (χ0n) is 12.7. The Balaban J connectivity index is 1.96. The van der Waals surface area contributed by atoms with Crippen LogP contribution in [-0.2, 0) is 4.74 Å². The molecule has 120 valence electrons. The molecule has 2 aromatic rings. The molecule has 3 nitrogen and oxygen atoms in total. The molecule has 0 heterocycles. The summed E-state index contributed by atoms with van der Waals surface area (Å²) in [7, 11) is 1.38. The highest BCUT2D eigenvalue weighted by Crippen LogP contribution is 2.42. The van der Waals surface area contributed by atoms with Crippen LogP contribution >= 0.6 is 23.2 Å². The predicted molar refractivity (Wildman–Crippen MR) is 92.3 cm³/mol. The molecule has 0 saturated heterocycles. The van der Waals surface area contributed by atoms with Crippen molar-refractivity contribution in [2.75, 3.05) is 7.11 Å². The van der Waals surface area contributed by atoms with E-state index in [1.54, 1.807) is 0 Å². The summed E-state index contributed by atoms with van der Waals surface area (Å²) in [6, 6.07) is 13.9. The van der Waals surface area contributed by atoms with Crippen molar-refractivity contribution in [2.24, 2.45) is 0 Å². The van der Waals surface area contributed by atoms with E-state index in [-0.39, 0.29) is 12.0 Å². The molecule has 3 rings (SSSR count). The lowest BCUT2D eigenvalue weighted by atomic mass is 9.77. The molecule has 1 aliphatic rings. The number of hydrogen-bond acceptors (Lipinski definition) is 2. The summed E-state index contributed by atoms with van der Waals surface area (Å²) in [5, 5.41) is 4.04. The maximum atomic E-state index is 11.6. The number of carbonyl (C=O) groups excluding carboxylic acids is 1. The second-order valence-electron chi connectivity index (χ2n) is 5.62. The number of methoxy groups -OCH3 is 1. The molecule has 1 amide bonds. The van der Waals surface area contributed by atoms with Gasteiger partial charge in [-0.3, -0.25) is 0 Å². The first kappa shape index (κ1) is 16.2. The molecule has 0 bridgehead atoms. The van der Waals surface area contributed by atoms with E-state index in [1.165, 1.54) is 12.7 Å². The molecular formula is C18H17Cl2NO2. The van der Waals surface area contributed by atoms with Crippen LogP contribution in [-0.4, -0.2) is 13.2 Å². The van der Waals surface area contributed by atoms with Crippen LogP contribution < -0.4 is 5.32 Å². The summed E-state index contributed by atoms with van der Waals surface area (Å²) in [5.74, 6) is 0.247. The molecule has 23 heavy (non-hydrogen) atoms. The molecule has 0 fully saturated rings. The summed E-state index contributed by atoms with van der Waals surface area (Å²) in [6.45, 7) is 0. The van der Waals surface area contributed by atoms with E-state index in [4.69, 9.17) is 27.9 Å². The molecule has 1 N–H and O–H groups in total. The van der Waals surface area contributed by atoms with E-state index in [2.05, 4.69) is 17.4 Å². The third-order valence-corrected chi connectivity index (χ3v) is 5.05. The van der Waals surface area contributed by atoms with Crippen LogP contribution in [0.15, 0.2) is 42.5 Å². The molecule has 2 aromatic carbocycles. The van der Waals surface area contributed by atoms with Crippen molar-refractivity contribution in [2.45, 2.75) is 24.8 Å². The number of nitrogens with one attached hydrogen (secondary N) is 1. The summed E-state index contributed by atoms with van der Waals surface area (Å²) in [6.07, 6.45) is 1.36. The highest BCUT2D eigenvalue weighted by molar-refractivity contribution is 6.42. The Hall–Kier alpha value is -1.71. The molecule has 0 saturated carbocycles. The topological polar surface area (TPSA) is 38.3 Å². The van der Waals surface area contributed by atoms with Gasteiger partial charge in [0.15, 0.2) is 0 Å². The zero-order valence-corrected chi connectivity index (χ0v) is 14.2. The first-order valence-corrected chi connectivity index (χ1v) is 8.24. The minimum Gasteiger partial charge on any atom is -0.453 e. The van der Waals surface area contributed by atoms with Crippen LogP contribution in [0.2, 0.25) is 10.0 Å². The maximum Gasteiger partial charge on any atom is 0.407 e. The fourth-order valence-corrected chi connectivity index (χ4v) is 3.52. The summed E-state index contributed by atoms with van der Waals surface area (Å²) < 4.78 is 4.73. The molecular weight excluding hydrogens is 333 g/mol. The Morgan fingerprint density at radius 2 is 1.83 bits per heavy atom. The molecule has 0 spiro atoms. The maximum absolute atomic E-state index is 11.6. The number of fused-ring (bicyclic) bond motifs is 1. The average molecular weight is 350 g/mol. The van der Waals surface area contributed by atoms with Gasteiger partial charge < -0.3 is 10.1 Å². The number of benzene rings is 2. The first-order chi connectivity index (χ1) is 11.1. The third kappa shape index (κ3) is 3.31. The van der Waals surface area contributed by atoms with E-state index < -0.39 is 6.09 Å². The second-order valence-corrected chi connectivity index (χ2v) is 6.44. The predicted octanol–water partition coefficient (Wildman–Crippen LogP) is 5.32. The van der Waals surface area contributed by atoms with Gasteiger partial charge in [0.05, 0.1) is 23.2 Å². The molecule has 0 aliphatic heterocycles. The van der Waals surface area contributed by atoms with Crippen LogP contribution in [0, 0.1) is 0 Å². The van der Waals surface area contributed by atoms with Crippen LogP contribution in [0.4, 0.5) is 4.79 Å². The number of ether oxygens (including phenoxy) is 1. The van der Waals surface area contributed by atoms with Gasteiger partial charge in [0.2, 0.25) is 0 Å². The van der Waals surface area contributed by atoms with Crippen LogP contribution in [0.1, 0.15) is 41.5 Å². The number of rotatable bonds is 2. The fraction of sp³-hybridized carbons (Fsp3) is 0.278. The van der Waals surface area contributed by atoms with Gasteiger partial charge in [0, 0.05) is 5.92 Å². The molecule has 5 heteroatoms. The van der Waals surface area contributed by atoms with Gasteiger partial charge in [-0.2, -0.15) is 0 Å². The SMILES string of the molecule is COC(=O)N[C@H]1CC[C@H](c2ccc(Cl)c(Cl)c2)c2ccccc21. The summed E-state index contributed by atoms with van der Waals surface area (Å²) in [4.78, 5) is 11.6. The van der Waals surface area contributed by atoms with Crippen LogP contribution in [0.3, 0.4) is 0 Å². The fourth-order valence-electron chi connectivity index (χ4n) is 3.22. The van der Waals surface area contributed by atoms with Crippen LogP contribution in [0.25, 0.3) is 0 Å². The molecule has 0 unspecified atom stereocenters. The van der Waals surface area contributed by atoms with Crippen molar-refractivity contribution in [3.05, 3.63) is 69.2 Å². The van der Waals surface area contributed by atoms with Gasteiger partial charge in [-0.1, -0.05) is 53.5 Å². The van der Waals surface area contributed by atoms with Crippen molar-refractivity contribution < 1.29 is 9.53 Å². The Kier molecular flexibility index (Phi) is 4.79. The van der Waals surface area contributed by atoms with Gasteiger partial charge in [-0.15, -0.1) is 0 Å². The van der Waals surface area contributed by atoms with Gasteiger partial charge in [0.1, 0.15) is 0 Å². The van der Waals surface area contributed by atoms with E-state index in [1.807, 2.05) is 30.3 Å². The largest absolute Gasteiger partial charge is 0.453 e. The lowest BCUT2D eigenvalue weighted by Gasteiger charge is -2.32. The highest BCUT2D eigenvalue weighted by atomic mass is 35.5. The minimum absolute atomic E-state index is 0.0299. The Labute approximate surface area is 145 Å². The number of carbonyl (C=O) groups is 1. The quantitative estimate of drug-likeness (QED) is 0.796. The van der Waals surface area contributed by atoms with Crippen molar-refractivity contribution in [1.82, 2.24) is 5.32 Å². The van der Waals surface area contributed by atoms with Gasteiger partial charge >= 0.3 is 6.09 Å². The minimum atomic E-state index is -0.405. The monoisotopic (exact) mass is 349 g/mol. The first-order valence-electron chi connectivity index (χ1n) is 7.48. The van der Waals surface area contributed by atoms with E-state index >= 15 is 0 Å². The third-order valence-electron chi connectivity index (χ3n) is 4.31. The summed E-state index contributed by atoms with van der Waals surface area (Å²) in [5.41, 5.74) is 3.47. The van der Waals surface area contributed by atoms with E-state index in [0.717, 1.165) is 24.0 Å². The van der Waals surface area contributed by atoms with Crippen molar-refractivity contribution in [3.8, 4) is 0 Å². The van der Waals surface area contributed by atoms with Crippen molar-refractivity contribution >= 4 is 29.3 Å². The van der Waals surface area contributed by atoms with Crippen LogP contribution in [0.5, 0.6) is 0 Å². The van der Waals surface area contributed by atoms with Gasteiger partial charge in [-0.05, 0) is 41.7 Å². The molecule has 2 atom stereocenters. The Morgan fingerprint density at radius 3 is 2.52 bits per heavy atom. The zero-order chi connectivity index (χ0) is 16.4. The number of amides is 1. The van der Waals surface area contributed by atoms with Gasteiger partial charge in [0.25, 0.3) is 0 Å². The van der Waals surface area contributed by atoms with Crippen molar-refractivity contribution in [3.63, 3.8) is 0 Å². The van der Waals surface area contributed by atoms with E-state index in [0.29, 0.717) is 10.0 Å².